The van der Waals surface area contributed by atoms with Gasteiger partial charge in [-0.1, -0.05) is 176 Å². The van der Waals surface area contributed by atoms with Crippen molar-refractivity contribution in [3.05, 3.63) is 206 Å². The number of fused-ring (bicyclic) bond motifs is 8. The second-order valence-electron chi connectivity index (χ2n) is 15.2. The van der Waals surface area contributed by atoms with Gasteiger partial charge in [0.25, 0.3) is 0 Å². The van der Waals surface area contributed by atoms with E-state index in [-0.39, 0.29) is 0 Å². The fraction of sp³-hybridized carbons (Fsp3) is 0. The lowest BCUT2D eigenvalue weighted by atomic mass is 9.93. The summed E-state index contributed by atoms with van der Waals surface area (Å²) in [7, 11) is 0. The zero-order valence-electron chi connectivity index (χ0n) is 31.9. The molecule has 0 saturated heterocycles. The third-order valence-corrected chi connectivity index (χ3v) is 11.8. The number of hydrogen-bond acceptors (Lipinski definition) is 3. The van der Waals surface area contributed by atoms with Gasteiger partial charge in [0.15, 0.2) is 17.5 Å². The molecule has 0 aliphatic heterocycles. The van der Waals surface area contributed by atoms with E-state index in [4.69, 9.17) is 15.0 Å². The topological polar surface area (TPSA) is 43.6 Å². The monoisotopic (exact) mass is 750 g/mol. The molecule has 12 rings (SSSR count). The molecule has 0 atom stereocenters. The molecule has 274 valence electrons. The largest absolute Gasteiger partial charge is 0.309 e. The van der Waals surface area contributed by atoms with Crippen LogP contribution in [0.5, 0.6) is 0 Å². The maximum absolute atomic E-state index is 5.37. The standard InChI is InChI=1S/C55H34N4/c1-3-15-36(16-4-1)42-26-14-28-45-48(59-49-31-29-37-18-10-12-25-43(37)52(49)47-33-39-21-7-8-22-40(39)34-50(47)59)32-30-46(51(42)45)55-57-53(38-19-5-2-6-20-38)56-54(58-55)44-27-13-23-35-17-9-11-24-41(35)44/h1-34H. The number of aromatic nitrogens is 4. The first-order chi connectivity index (χ1) is 29.3. The first-order valence-corrected chi connectivity index (χ1v) is 20.0. The average Bonchev–Trinajstić information content (AvgIpc) is 3.63. The normalized spacial score (nSPS) is 11.7. The Balaban J connectivity index is 1.20. The van der Waals surface area contributed by atoms with E-state index in [1.807, 2.05) is 18.2 Å². The van der Waals surface area contributed by atoms with Gasteiger partial charge in [-0.3, -0.25) is 0 Å². The second kappa shape index (κ2) is 13.3. The van der Waals surface area contributed by atoms with Crippen molar-refractivity contribution < 1.29 is 0 Å². The zero-order valence-corrected chi connectivity index (χ0v) is 31.9. The summed E-state index contributed by atoms with van der Waals surface area (Å²) in [6.07, 6.45) is 0. The third kappa shape index (κ3) is 5.34. The van der Waals surface area contributed by atoms with Gasteiger partial charge in [-0.15, -0.1) is 0 Å². The molecular formula is C55H34N4. The van der Waals surface area contributed by atoms with Gasteiger partial charge >= 0.3 is 0 Å². The maximum Gasteiger partial charge on any atom is 0.164 e. The Hall–Kier alpha value is -7.95. The van der Waals surface area contributed by atoms with Crippen LogP contribution in [-0.2, 0) is 0 Å². The molecule has 0 amide bonds. The summed E-state index contributed by atoms with van der Waals surface area (Å²) in [4.78, 5) is 15.8. The number of nitrogens with zero attached hydrogens (tertiary/aromatic N) is 4. The van der Waals surface area contributed by atoms with Crippen LogP contribution in [0, 0.1) is 0 Å². The quantitative estimate of drug-likeness (QED) is 0.176. The highest BCUT2D eigenvalue weighted by Gasteiger charge is 2.22. The van der Waals surface area contributed by atoms with Crippen molar-refractivity contribution in [1.82, 2.24) is 19.5 Å². The van der Waals surface area contributed by atoms with Gasteiger partial charge in [-0.05, 0) is 73.8 Å². The highest BCUT2D eigenvalue weighted by atomic mass is 15.0. The number of benzene rings is 10. The predicted octanol–water partition coefficient (Wildman–Crippen LogP) is 14.2. The molecule has 0 bridgehead atoms. The smallest absolute Gasteiger partial charge is 0.164 e. The van der Waals surface area contributed by atoms with Gasteiger partial charge in [-0.25, -0.2) is 15.0 Å². The van der Waals surface area contributed by atoms with Gasteiger partial charge in [0.2, 0.25) is 0 Å². The lowest BCUT2D eigenvalue weighted by Gasteiger charge is -2.18. The molecule has 0 N–H and O–H groups in total. The summed E-state index contributed by atoms with van der Waals surface area (Å²) in [5.41, 5.74) is 8.52. The van der Waals surface area contributed by atoms with E-state index < -0.39 is 0 Å². The predicted molar refractivity (Wildman–Crippen MR) is 246 cm³/mol. The van der Waals surface area contributed by atoms with E-state index in [0.717, 1.165) is 60.6 Å². The Labute approximate surface area is 340 Å². The van der Waals surface area contributed by atoms with Crippen LogP contribution in [0.15, 0.2) is 206 Å². The van der Waals surface area contributed by atoms with E-state index in [1.165, 1.54) is 37.8 Å². The van der Waals surface area contributed by atoms with Crippen LogP contribution in [-0.4, -0.2) is 19.5 Å². The number of hydrogen-bond donors (Lipinski definition) is 0. The van der Waals surface area contributed by atoms with Crippen LogP contribution >= 0.6 is 0 Å². The average molecular weight is 751 g/mol. The minimum atomic E-state index is 0.626. The molecule has 2 heterocycles. The molecule has 0 radical (unpaired) electrons. The Kier molecular flexibility index (Phi) is 7.50. The lowest BCUT2D eigenvalue weighted by Crippen LogP contribution is -2.02. The molecule has 10 aromatic carbocycles. The van der Waals surface area contributed by atoms with Crippen molar-refractivity contribution in [1.29, 1.82) is 0 Å². The van der Waals surface area contributed by atoms with Crippen molar-refractivity contribution in [2.75, 3.05) is 0 Å². The molecule has 0 saturated carbocycles. The molecule has 4 nitrogen and oxygen atoms in total. The summed E-state index contributed by atoms with van der Waals surface area (Å²) >= 11 is 0. The van der Waals surface area contributed by atoms with Crippen LogP contribution in [0.25, 0.3) is 116 Å². The highest BCUT2D eigenvalue weighted by molar-refractivity contribution is 6.24. The maximum atomic E-state index is 5.37. The Morgan fingerprint density at radius 2 is 0.847 bits per heavy atom. The van der Waals surface area contributed by atoms with Crippen LogP contribution in [0.1, 0.15) is 0 Å². The summed E-state index contributed by atoms with van der Waals surface area (Å²) in [6.45, 7) is 0. The first kappa shape index (κ1) is 33.2. The summed E-state index contributed by atoms with van der Waals surface area (Å²) in [6, 6.07) is 73.5. The summed E-state index contributed by atoms with van der Waals surface area (Å²) < 4.78 is 2.47. The third-order valence-electron chi connectivity index (χ3n) is 11.8. The fourth-order valence-corrected chi connectivity index (χ4v) is 9.12. The van der Waals surface area contributed by atoms with Gasteiger partial charge in [-0.2, -0.15) is 0 Å². The molecule has 0 aliphatic rings. The highest BCUT2D eigenvalue weighted by Crippen LogP contribution is 2.44. The molecule has 0 unspecified atom stereocenters. The van der Waals surface area contributed by atoms with Gasteiger partial charge < -0.3 is 4.57 Å². The van der Waals surface area contributed by atoms with E-state index in [2.05, 4.69) is 193 Å². The molecule has 12 aromatic rings. The first-order valence-electron chi connectivity index (χ1n) is 20.0. The Bertz CT molecular complexity index is 3600. The van der Waals surface area contributed by atoms with Crippen molar-refractivity contribution >= 4 is 64.9 Å². The van der Waals surface area contributed by atoms with Crippen LogP contribution in [0.3, 0.4) is 0 Å². The Morgan fingerprint density at radius 1 is 0.288 bits per heavy atom. The van der Waals surface area contributed by atoms with Gasteiger partial charge in [0, 0.05) is 38.2 Å². The van der Waals surface area contributed by atoms with Gasteiger partial charge in [0.1, 0.15) is 0 Å². The Morgan fingerprint density at radius 3 is 1.63 bits per heavy atom. The van der Waals surface area contributed by atoms with E-state index in [9.17, 15) is 0 Å². The van der Waals surface area contributed by atoms with Crippen molar-refractivity contribution in [2.24, 2.45) is 0 Å². The van der Waals surface area contributed by atoms with E-state index in [1.54, 1.807) is 0 Å². The van der Waals surface area contributed by atoms with E-state index in [0.29, 0.717) is 17.5 Å². The molecule has 0 fully saturated rings. The van der Waals surface area contributed by atoms with Crippen molar-refractivity contribution in [3.63, 3.8) is 0 Å². The molecule has 2 aromatic heterocycles. The lowest BCUT2D eigenvalue weighted by molar-refractivity contribution is 1.08. The van der Waals surface area contributed by atoms with Crippen LogP contribution in [0.2, 0.25) is 0 Å². The zero-order chi connectivity index (χ0) is 38.9. The SMILES string of the molecule is c1ccc(-c2nc(-c3cccc4ccccc34)nc(-c3ccc(-n4c5cc6ccccc6cc5c5c6ccccc6ccc54)c4cccc(-c5ccccc5)c34)n2)cc1. The number of rotatable bonds is 5. The molecule has 4 heteroatoms. The molecule has 59 heavy (non-hydrogen) atoms. The summed E-state index contributed by atoms with van der Waals surface area (Å²) in [5.74, 6) is 1.90. The molecule has 0 aliphatic carbocycles. The second-order valence-corrected chi connectivity index (χ2v) is 15.2. The van der Waals surface area contributed by atoms with Crippen molar-refractivity contribution in [3.8, 4) is 51.0 Å². The fourth-order valence-electron chi connectivity index (χ4n) is 9.12. The molecule has 0 spiro atoms. The minimum absolute atomic E-state index is 0.626. The van der Waals surface area contributed by atoms with Gasteiger partial charge in [0.05, 0.1) is 16.7 Å². The summed E-state index contributed by atoms with van der Waals surface area (Å²) in [5, 5.41) is 11.8. The van der Waals surface area contributed by atoms with Crippen molar-refractivity contribution in [2.45, 2.75) is 0 Å². The van der Waals surface area contributed by atoms with Crippen LogP contribution < -0.4 is 0 Å². The van der Waals surface area contributed by atoms with Crippen LogP contribution in [0.4, 0.5) is 0 Å². The van der Waals surface area contributed by atoms with E-state index >= 15 is 0 Å². The minimum Gasteiger partial charge on any atom is -0.309 e. The molecular weight excluding hydrogens is 717 g/mol.